The molecule has 0 bridgehead atoms. The number of anilines is 2. The van der Waals surface area contributed by atoms with Crippen LogP contribution in [0.1, 0.15) is 32.8 Å². The van der Waals surface area contributed by atoms with E-state index in [1.807, 2.05) is 49.4 Å². The zero-order chi connectivity index (χ0) is 19.4. The summed E-state index contributed by atoms with van der Waals surface area (Å²) >= 11 is 0. The first kappa shape index (κ1) is 19.1. The number of hydrogen-bond acceptors (Lipinski definition) is 3. The molecular weight excluding hydrogens is 338 g/mol. The number of hydrogen-bond donors (Lipinski definition) is 1. The molecule has 5 nitrogen and oxygen atoms in total. The van der Waals surface area contributed by atoms with Crippen LogP contribution in [0.4, 0.5) is 11.4 Å². The van der Waals surface area contributed by atoms with Crippen molar-refractivity contribution in [3.63, 3.8) is 0 Å². The molecule has 0 unspecified atom stereocenters. The summed E-state index contributed by atoms with van der Waals surface area (Å²) in [5.74, 6) is -0.0497. The van der Waals surface area contributed by atoms with Gasteiger partial charge in [-0.2, -0.15) is 0 Å². The molecule has 5 heteroatoms. The molecule has 0 saturated carbocycles. The highest BCUT2D eigenvalue weighted by Crippen LogP contribution is 2.31. The molecule has 2 amide bonds. The van der Waals surface area contributed by atoms with Crippen LogP contribution in [0.2, 0.25) is 0 Å². The van der Waals surface area contributed by atoms with Gasteiger partial charge in [-0.25, -0.2) is 0 Å². The standard InChI is InChI=1S/C22H27N3O2/c1-16(2)24(14-18-9-5-4-6-10-18)15-22(27)25-17(3)13-21(26)23-19-11-7-8-12-20(19)25/h4-12,16-17H,13-15H2,1-3H3,(H,23,26)/t17-/m1/s1. The Balaban J connectivity index is 1.83. The lowest BCUT2D eigenvalue weighted by molar-refractivity contribution is -0.121. The predicted octanol–water partition coefficient (Wildman–Crippen LogP) is 3.66. The van der Waals surface area contributed by atoms with Gasteiger partial charge in [-0.3, -0.25) is 14.5 Å². The van der Waals surface area contributed by atoms with Gasteiger partial charge >= 0.3 is 0 Å². The van der Waals surface area contributed by atoms with E-state index in [1.165, 1.54) is 5.56 Å². The van der Waals surface area contributed by atoms with Crippen molar-refractivity contribution in [2.45, 2.75) is 45.8 Å². The molecule has 0 radical (unpaired) electrons. The Kier molecular flexibility index (Phi) is 5.91. The van der Waals surface area contributed by atoms with E-state index >= 15 is 0 Å². The highest BCUT2D eigenvalue weighted by atomic mass is 16.2. The summed E-state index contributed by atoms with van der Waals surface area (Å²) < 4.78 is 0. The van der Waals surface area contributed by atoms with Gasteiger partial charge in [-0.05, 0) is 38.5 Å². The number of carbonyl (C=O) groups excluding carboxylic acids is 2. The SMILES string of the molecule is CC(C)N(CC(=O)N1c2ccccc2NC(=O)C[C@H]1C)Cc1ccccc1. The van der Waals surface area contributed by atoms with Crippen LogP contribution in [0.25, 0.3) is 0 Å². The van der Waals surface area contributed by atoms with E-state index in [2.05, 4.69) is 36.2 Å². The van der Waals surface area contributed by atoms with Crippen molar-refractivity contribution in [1.82, 2.24) is 4.90 Å². The van der Waals surface area contributed by atoms with Gasteiger partial charge in [0, 0.05) is 25.0 Å². The van der Waals surface area contributed by atoms with E-state index in [0.29, 0.717) is 25.2 Å². The number of rotatable bonds is 5. The maximum absolute atomic E-state index is 13.3. The fraction of sp³-hybridized carbons (Fsp3) is 0.364. The van der Waals surface area contributed by atoms with Gasteiger partial charge in [0.1, 0.15) is 0 Å². The highest BCUT2D eigenvalue weighted by molar-refractivity contribution is 6.04. The van der Waals surface area contributed by atoms with Crippen LogP contribution in [0.15, 0.2) is 54.6 Å². The Bertz CT molecular complexity index is 804. The molecule has 2 aromatic rings. The van der Waals surface area contributed by atoms with Gasteiger partial charge < -0.3 is 10.2 Å². The average molecular weight is 365 g/mol. The van der Waals surface area contributed by atoms with E-state index in [0.717, 1.165) is 5.69 Å². The molecule has 27 heavy (non-hydrogen) atoms. The topological polar surface area (TPSA) is 52.7 Å². The number of carbonyl (C=O) groups is 2. The maximum Gasteiger partial charge on any atom is 0.241 e. The van der Waals surface area contributed by atoms with Crippen molar-refractivity contribution in [3.8, 4) is 0 Å². The van der Waals surface area contributed by atoms with E-state index in [9.17, 15) is 9.59 Å². The molecule has 1 aliphatic rings. The molecule has 1 N–H and O–H groups in total. The van der Waals surface area contributed by atoms with Gasteiger partial charge in [0.25, 0.3) is 0 Å². The molecule has 2 aromatic carbocycles. The summed E-state index contributed by atoms with van der Waals surface area (Å²) in [6.45, 7) is 7.14. The quantitative estimate of drug-likeness (QED) is 0.880. The minimum Gasteiger partial charge on any atom is -0.324 e. The summed E-state index contributed by atoms with van der Waals surface area (Å²) in [7, 11) is 0. The molecule has 1 aliphatic heterocycles. The third-order valence-corrected chi connectivity index (χ3v) is 4.93. The molecule has 0 fully saturated rings. The molecule has 0 aromatic heterocycles. The second-order valence-corrected chi connectivity index (χ2v) is 7.37. The first-order valence-electron chi connectivity index (χ1n) is 9.44. The number of amides is 2. The predicted molar refractivity (Wildman–Crippen MR) is 109 cm³/mol. The van der Waals surface area contributed by atoms with Crippen LogP contribution < -0.4 is 10.2 Å². The lowest BCUT2D eigenvalue weighted by Gasteiger charge is -2.32. The normalized spacial score (nSPS) is 16.9. The van der Waals surface area contributed by atoms with Crippen LogP contribution in [-0.4, -0.2) is 35.3 Å². The Morgan fingerprint density at radius 1 is 1.15 bits per heavy atom. The second kappa shape index (κ2) is 8.35. The van der Waals surface area contributed by atoms with Crippen molar-refractivity contribution in [2.75, 3.05) is 16.8 Å². The van der Waals surface area contributed by atoms with E-state index < -0.39 is 0 Å². The minimum atomic E-state index is -0.188. The van der Waals surface area contributed by atoms with Crippen LogP contribution in [-0.2, 0) is 16.1 Å². The van der Waals surface area contributed by atoms with E-state index in [-0.39, 0.29) is 23.9 Å². The second-order valence-electron chi connectivity index (χ2n) is 7.37. The van der Waals surface area contributed by atoms with Crippen LogP contribution in [0, 0.1) is 0 Å². The van der Waals surface area contributed by atoms with Crippen LogP contribution in [0.3, 0.4) is 0 Å². The van der Waals surface area contributed by atoms with Crippen molar-refractivity contribution in [1.29, 1.82) is 0 Å². The number of nitrogens with one attached hydrogen (secondary N) is 1. The summed E-state index contributed by atoms with van der Waals surface area (Å²) in [5.41, 5.74) is 2.64. The largest absolute Gasteiger partial charge is 0.324 e. The Hall–Kier alpha value is -2.66. The lowest BCUT2D eigenvalue weighted by atomic mass is 10.1. The number of nitrogens with zero attached hydrogens (tertiary/aromatic N) is 2. The van der Waals surface area contributed by atoms with Crippen molar-refractivity contribution in [2.24, 2.45) is 0 Å². The molecule has 1 atom stereocenters. The highest BCUT2D eigenvalue weighted by Gasteiger charge is 2.30. The third-order valence-electron chi connectivity index (χ3n) is 4.93. The first-order chi connectivity index (χ1) is 13.0. The van der Waals surface area contributed by atoms with Crippen molar-refractivity contribution in [3.05, 3.63) is 60.2 Å². The maximum atomic E-state index is 13.3. The molecule has 0 spiro atoms. The van der Waals surface area contributed by atoms with Crippen LogP contribution >= 0.6 is 0 Å². The Labute approximate surface area is 161 Å². The van der Waals surface area contributed by atoms with Crippen molar-refractivity contribution < 1.29 is 9.59 Å². The molecule has 1 heterocycles. The van der Waals surface area contributed by atoms with Gasteiger partial charge in [0.2, 0.25) is 11.8 Å². The lowest BCUT2D eigenvalue weighted by Crippen LogP contribution is -2.46. The fourth-order valence-corrected chi connectivity index (χ4v) is 3.46. The Morgan fingerprint density at radius 3 is 2.52 bits per heavy atom. The van der Waals surface area contributed by atoms with E-state index in [4.69, 9.17) is 0 Å². The number of fused-ring (bicyclic) bond motifs is 1. The fourth-order valence-electron chi connectivity index (χ4n) is 3.46. The summed E-state index contributed by atoms with van der Waals surface area (Å²) in [4.78, 5) is 29.3. The number of para-hydroxylation sites is 2. The molecule has 0 aliphatic carbocycles. The first-order valence-corrected chi connectivity index (χ1v) is 9.44. The van der Waals surface area contributed by atoms with Crippen molar-refractivity contribution >= 4 is 23.2 Å². The Morgan fingerprint density at radius 2 is 1.81 bits per heavy atom. The zero-order valence-electron chi connectivity index (χ0n) is 16.2. The summed E-state index contributed by atoms with van der Waals surface area (Å²) in [6, 6.07) is 17.7. The molecule has 3 rings (SSSR count). The monoisotopic (exact) mass is 365 g/mol. The van der Waals surface area contributed by atoms with E-state index in [1.54, 1.807) is 4.90 Å². The molecule has 142 valence electrons. The summed E-state index contributed by atoms with van der Waals surface area (Å²) in [5, 5.41) is 2.91. The molecule has 0 saturated heterocycles. The third kappa shape index (κ3) is 4.55. The number of benzene rings is 2. The zero-order valence-corrected chi connectivity index (χ0v) is 16.2. The molecular formula is C22H27N3O2. The van der Waals surface area contributed by atoms with Gasteiger partial charge in [-0.1, -0.05) is 42.5 Å². The van der Waals surface area contributed by atoms with Gasteiger partial charge in [0.15, 0.2) is 0 Å². The minimum absolute atomic E-state index is 0.0103. The van der Waals surface area contributed by atoms with Gasteiger partial charge in [-0.15, -0.1) is 0 Å². The average Bonchev–Trinajstić information content (AvgIpc) is 2.76. The van der Waals surface area contributed by atoms with Gasteiger partial charge in [0.05, 0.1) is 17.9 Å². The smallest absolute Gasteiger partial charge is 0.241 e. The van der Waals surface area contributed by atoms with Crippen LogP contribution in [0.5, 0.6) is 0 Å². The summed E-state index contributed by atoms with van der Waals surface area (Å²) in [6.07, 6.45) is 0.292.